The maximum Gasteiger partial charge on any atom is 0.0417 e. The second-order valence-electron chi connectivity index (χ2n) is 4.11. The van der Waals surface area contributed by atoms with Crippen LogP contribution in [0.15, 0.2) is 45.3 Å². The summed E-state index contributed by atoms with van der Waals surface area (Å²) >= 11 is 12.9. The average molecular weight is 390 g/mol. The summed E-state index contributed by atoms with van der Waals surface area (Å²) in [5.74, 6) is 0. The Bertz CT molecular complexity index is 549. The molecule has 2 aromatic rings. The van der Waals surface area contributed by atoms with Crippen molar-refractivity contribution >= 4 is 49.1 Å². The van der Waals surface area contributed by atoms with E-state index in [9.17, 15) is 0 Å². The summed E-state index contributed by atoms with van der Waals surface area (Å²) in [5.41, 5.74) is 3.50. The van der Waals surface area contributed by atoms with E-state index >= 15 is 0 Å². The fraction of sp³-hybridized carbons (Fsp3) is 0.143. The third kappa shape index (κ3) is 3.74. The van der Waals surface area contributed by atoms with Crippen molar-refractivity contribution in [2.24, 2.45) is 0 Å². The van der Waals surface area contributed by atoms with Gasteiger partial charge in [0.05, 0.1) is 0 Å². The van der Waals surface area contributed by atoms with Gasteiger partial charge in [-0.05, 0) is 48.4 Å². The van der Waals surface area contributed by atoms with Crippen LogP contribution in [-0.2, 0) is 6.54 Å². The van der Waals surface area contributed by atoms with Gasteiger partial charge in [0.25, 0.3) is 0 Å². The molecule has 0 unspecified atom stereocenters. The normalized spacial score (nSPS) is 10.4. The fourth-order valence-electron chi connectivity index (χ4n) is 1.70. The molecule has 0 fully saturated rings. The molecule has 0 aliphatic carbocycles. The zero-order valence-corrected chi connectivity index (χ0v) is 13.7. The van der Waals surface area contributed by atoms with Crippen molar-refractivity contribution in [3.63, 3.8) is 0 Å². The average Bonchev–Trinajstić information content (AvgIpc) is 2.26. The van der Waals surface area contributed by atoms with Gasteiger partial charge in [-0.3, -0.25) is 0 Å². The predicted molar refractivity (Wildman–Crippen MR) is 85.4 cm³/mol. The third-order valence-electron chi connectivity index (χ3n) is 2.54. The first-order valence-corrected chi connectivity index (χ1v) is 7.46. The topological polar surface area (TPSA) is 12.0 Å². The second-order valence-corrected chi connectivity index (χ2v) is 6.31. The molecule has 2 aromatic carbocycles. The highest BCUT2D eigenvalue weighted by Gasteiger charge is 2.01. The molecule has 0 aliphatic rings. The molecule has 0 bridgehead atoms. The molecule has 0 radical (unpaired) electrons. The van der Waals surface area contributed by atoms with Crippen LogP contribution in [0, 0.1) is 6.92 Å². The highest BCUT2D eigenvalue weighted by molar-refractivity contribution is 9.10. The SMILES string of the molecule is Cc1cc(Br)cc(NCc2ccc(Cl)cc2Br)c1. The minimum absolute atomic E-state index is 0.740. The molecule has 0 aromatic heterocycles. The monoisotopic (exact) mass is 387 g/mol. The number of hydrogen-bond acceptors (Lipinski definition) is 1. The number of hydrogen-bond donors (Lipinski definition) is 1. The first-order chi connectivity index (χ1) is 8.54. The number of aryl methyl sites for hydroxylation is 1. The second kappa shape index (κ2) is 6.09. The van der Waals surface area contributed by atoms with Crippen LogP contribution in [0.3, 0.4) is 0 Å². The van der Waals surface area contributed by atoms with E-state index in [2.05, 4.69) is 62.3 Å². The van der Waals surface area contributed by atoms with E-state index in [1.54, 1.807) is 0 Å². The van der Waals surface area contributed by atoms with E-state index in [1.165, 1.54) is 11.1 Å². The maximum absolute atomic E-state index is 5.92. The van der Waals surface area contributed by atoms with Gasteiger partial charge < -0.3 is 5.32 Å². The van der Waals surface area contributed by atoms with E-state index in [1.807, 2.05) is 18.2 Å². The Kier molecular flexibility index (Phi) is 4.71. The minimum atomic E-state index is 0.740. The number of rotatable bonds is 3. The Morgan fingerprint density at radius 1 is 1.11 bits per heavy atom. The minimum Gasteiger partial charge on any atom is -0.381 e. The predicted octanol–water partition coefficient (Wildman–Crippen LogP) is 5.79. The molecule has 1 N–H and O–H groups in total. The summed E-state index contributed by atoms with van der Waals surface area (Å²) in [4.78, 5) is 0. The van der Waals surface area contributed by atoms with E-state index in [4.69, 9.17) is 11.6 Å². The van der Waals surface area contributed by atoms with Crippen molar-refractivity contribution < 1.29 is 0 Å². The lowest BCUT2D eigenvalue weighted by Crippen LogP contribution is -2.00. The van der Waals surface area contributed by atoms with Crippen LogP contribution >= 0.6 is 43.5 Å². The van der Waals surface area contributed by atoms with Gasteiger partial charge in [-0.15, -0.1) is 0 Å². The van der Waals surface area contributed by atoms with Crippen LogP contribution in [0.5, 0.6) is 0 Å². The van der Waals surface area contributed by atoms with Crippen LogP contribution in [0.1, 0.15) is 11.1 Å². The molecule has 18 heavy (non-hydrogen) atoms. The molecule has 0 saturated heterocycles. The zero-order chi connectivity index (χ0) is 13.1. The summed E-state index contributed by atoms with van der Waals surface area (Å²) in [6.07, 6.45) is 0. The summed E-state index contributed by atoms with van der Waals surface area (Å²) in [5, 5.41) is 4.14. The van der Waals surface area contributed by atoms with Gasteiger partial charge in [0.15, 0.2) is 0 Å². The Morgan fingerprint density at radius 2 is 1.89 bits per heavy atom. The summed E-state index contributed by atoms with van der Waals surface area (Å²) < 4.78 is 2.11. The van der Waals surface area contributed by atoms with Crippen LogP contribution in [-0.4, -0.2) is 0 Å². The first kappa shape index (κ1) is 13.9. The van der Waals surface area contributed by atoms with Crippen LogP contribution in [0.25, 0.3) is 0 Å². The first-order valence-electron chi connectivity index (χ1n) is 5.49. The lowest BCUT2D eigenvalue weighted by molar-refractivity contribution is 1.13. The van der Waals surface area contributed by atoms with Gasteiger partial charge >= 0.3 is 0 Å². The molecule has 0 atom stereocenters. The number of halogens is 3. The maximum atomic E-state index is 5.92. The lowest BCUT2D eigenvalue weighted by atomic mass is 10.2. The van der Waals surface area contributed by atoms with Gasteiger partial charge in [-0.2, -0.15) is 0 Å². The summed E-state index contributed by atoms with van der Waals surface area (Å²) in [7, 11) is 0. The Morgan fingerprint density at radius 3 is 2.56 bits per heavy atom. The Labute approximate surface area is 129 Å². The zero-order valence-electron chi connectivity index (χ0n) is 9.81. The molecule has 0 aliphatic heterocycles. The van der Waals surface area contributed by atoms with Crippen molar-refractivity contribution in [1.82, 2.24) is 0 Å². The third-order valence-corrected chi connectivity index (χ3v) is 3.97. The highest BCUT2D eigenvalue weighted by Crippen LogP contribution is 2.24. The molecule has 1 nitrogen and oxygen atoms in total. The summed E-state index contributed by atoms with van der Waals surface area (Å²) in [6, 6.07) is 12.1. The van der Waals surface area contributed by atoms with E-state index in [0.29, 0.717) is 0 Å². The largest absolute Gasteiger partial charge is 0.381 e. The molecule has 94 valence electrons. The fourth-order valence-corrected chi connectivity index (χ4v) is 3.13. The van der Waals surface area contributed by atoms with Crippen molar-refractivity contribution in [3.8, 4) is 0 Å². The molecule has 4 heteroatoms. The number of nitrogens with one attached hydrogen (secondary N) is 1. The molecule has 0 amide bonds. The van der Waals surface area contributed by atoms with Gasteiger partial charge in [0.2, 0.25) is 0 Å². The van der Waals surface area contributed by atoms with Gasteiger partial charge in [-0.1, -0.05) is 49.5 Å². The Balaban J connectivity index is 2.11. The molecule has 0 saturated carbocycles. The molecular weight excluding hydrogens is 377 g/mol. The molecular formula is C14H12Br2ClN. The van der Waals surface area contributed by atoms with Crippen LogP contribution in [0.2, 0.25) is 5.02 Å². The van der Waals surface area contributed by atoms with Crippen molar-refractivity contribution in [2.75, 3.05) is 5.32 Å². The van der Waals surface area contributed by atoms with Gasteiger partial charge in [-0.25, -0.2) is 0 Å². The van der Waals surface area contributed by atoms with Crippen molar-refractivity contribution in [3.05, 3.63) is 61.5 Å². The molecule has 0 heterocycles. The smallest absolute Gasteiger partial charge is 0.0417 e. The lowest BCUT2D eigenvalue weighted by Gasteiger charge is -2.10. The van der Waals surface area contributed by atoms with Crippen molar-refractivity contribution in [1.29, 1.82) is 0 Å². The standard InChI is InChI=1S/C14H12Br2ClN/c1-9-4-11(15)6-13(5-9)18-8-10-2-3-12(17)7-14(10)16/h2-7,18H,8H2,1H3. The van der Waals surface area contributed by atoms with Crippen LogP contribution in [0.4, 0.5) is 5.69 Å². The summed E-state index contributed by atoms with van der Waals surface area (Å²) in [6.45, 7) is 2.84. The number of benzene rings is 2. The molecule has 2 rings (SSSR count). The highest BCUT2D eigenvalue weighted by atomic mass is 79.9. The van der Waals surface area contributed by atoms with Gasteiger partial charge in [0.1, 0.15) is 0 Å². The quantitative estimate of drug-likeness (QED) is 0.701. The van der Waals surface area contributed by atoms with E-state index in [0.717, 1.165) is 26.2 Å². The molecule has 0 spiro atoms. The van der Waals surface area contributed by atoms with Crippen LogP contribution < -0.4 is 5.32 Å². The van der Waals surface area contributed by atoms with E-state index < -0.39 is 0 Å². The van der Waals surface area contributed by atoms with Gasteiger partial charge in [0, 0.05) is 26.2 Å². The van der Waals surface area contributed by atoms with Crippen molar-refractivity contribution in [2.45, 2.75) is 13.5 Å². The number of anilines is 1. The Hall–Kier alpha value is -0.510. The van der Waals surface area contributed by atoms with E-state index in [-0.39, 0.29) is 0 Å².